The Kier molecular flexibility index (Phi) is 9.46. The summed E-state index contributed by atoms with van der Waals surface area (Å²) in [6.45, 7) is 8.67. The van der Waals surface area contributed by atoms with E-state index in [1.54, 1.807) is 7.05 Å². The zero-order valence-electron chi connectivity index (χ0n) is 22.8. The molecule has 0 radical (unpaired) electrons. The normalized spacial score (nSPS) is 14.7. The van der Waals surface area contributed by atoms with Crippen LogP contribution in [0.4, 0.5) is 0 Å². The molecule has 1 fully saturated rings. The fraction of sp³-hybridized carbons (Fsp3) is 0.367. The number of amides is 1. The highest BCUT2D eigenvalue weighted by Gasteiger charge is 2.20. The van der Waals surface area contributed by atoms with E-state index in [4.69, 9.17) is 4.98 Å². The fourth-order valence-electron chi connectivity index (χ4n) is 4.63. The van der Waals surface area contributed by atoms with E-state index < -0.39 is 0 Å². The minimum atomic E-state index is -0.176. The molecule has 2 aromatic carbocycles. The summed E-state index contributed by atoms with van der Waals surface area (Å²) in [7, 11) is 1.63. The van der Waals surface area contributed by atoms with E-state index in [0.29, 0.717) is 24.0 Å². The molecule has 0 saturated carbocycles. The molecule has 0 bridgehead atoms. The number of benzene rings is 2. The topological polar surface area (TPSA) is 111 Å². The Hall–Kier alpha value is -3.75. The van der Waals surface area contributed by atoms with Crippen LogP contribution in [-0.2, 0) is 6.54 Å². The molecule has 0 spiro atoms. The largest absolute Gasteiger partial charge is 0.354 e. The Balaban J connectivity index is 0.00000164. The molecule has 5 rings (SSSR count). The number of nitrogens with zero attached hydrogens (tertiary/aromatic N) is 2. The third kappa shape index (κ3) is 6.20. The van der Waals surface area contributed by atoms with E-state index in [1.807, 2.05) is 32.2 Å². The van der Waals surface area contributed by atoms with Crippen molar-refractivity contribution >= 4 is 5.91 Å². The van der Waals surface area contributed by atoms with Gasteiger partial charge in [0.05, 0.1) is 24.5 Å². The van der Waals surface area contributed by atoms with Crippen LogP contribution in [-0.4, -0.2) is 46.0 Å². The summed E-state index contributed by atoms with van der Waals surface area (Å²) >= 11 is 0. The second-order valence-electron chi connectivity index (χ2n) is 9.15. The second-order valence-corrected chi connectivity index (χ2v) is 9.15. The molecular formula is C30H39N7O. The lowest BCUT2D eigenvalue weighted by Crippen LogP contribution is -2.19. The standard InChI is InChI=1S/C28H33N7O.C2H6/c1-3-14-30-17-24-34-25(26(35-24)28(36)29-2)21-12-8-19(9-13-21)18-6-10-20(11-7-18)23-16-32-27(33-23)22-5-4-15-31-22;1-2/h6-13,16,22,30-31H,3-5,14-15,17H2,1-2H3,(H,29,36)(H,32,33)(H,34,35);1-2H3/t22-;/m0./s1. The fourth-order valence-corrected chi connectivity index (χ4v) is 4.63. The van der Waals surface area contributed by atoms with Gasteiger partial charge in [-0.3, -0.25) is 4.79 Å². The first-order chi connectivity index (χ1) is 18.7. The zero-order chi connectivity index (χ0) is 26.9. The van der Waals surface area contributed by atoms with Crippen molar-refractivity contribution in [3.05, 3.63) is 72.1 Å². The highest BCUT2D eigenvalue weighted by atomic mass is 16.1. The van der Waals surface area contributed by atoms with Crippen molar-refractivity contribution < 1.29 is 4.79 Å². The molecule has 2 aromatic heterocycles. The maximum Gasteiger partial charge on any atom is 0.269 e. The molecule has 1 atom stereocenters. The Labute approximate surface area is 225 Å². The molecular weight excluding hydrogens is 474 g/mol. The summed E-state index contributed by atoms with van der Waals surface area (Å²) in [4.78, 5) is 28.4. The lowest BCUT2D eigenvalue weighted by Gasteiger charge is -2.07. The van der Waals surface area contributed by atoms with Crippen LogP contribution < -0.4 is 16.0 Å². The van der Waals surface area contributed by atoms with Gasteiger partial charge in [-0.1, -0.05) is 69.3 Å². The van der Waals surface area contributed by atoms with Gasteiger partial charge < -0.3 is 25.9 Å². The first-order valence-corrected chi connectivity index (χ1v) is 13.7. The molecule has 4 aromatic rings. The van der Waals surface area contributed by atoms with E-state index in [0.717, 1.165) is 65.5 Å². The summed E-state index contributed by atoms with van der Waals surface area (Å²) in [6, 6.07) is 17.0. The predicted octanol–water partition coefficient (Wildman–Crippen LogP) is 5.44. The van der Waals surface area contributed by atoms with Crippen LogP contribution in [0.25, 0.3) is 33.6 Å². The van der Waals surface area contributed by atoms with Crippen molar-refractivity contribution in [1.29, 1.82) is 0 Å². The lowest BCUT2D eigenvalue weighted by molar-refractivity contribution is 0.0959. The minimum Gasteiger partial charge on any atom is -0.354 e. The van der Waals surface area contributed by atoms with Gasteiger partial charge in [-0.2, -0.15) is 0 Å². The molecule has 0 unspecified atom stereocenters. The van der Waals surface area contributed by atoms with Gasteiger partial charge >= 0.3 is 0 Å². The van der Waals surface area contributed by atoms with Crippen LogP contribution in [0, 0.1) is 0 Å². The van der Waals surface area contributed by atoms with Gasteiger partial charge in [0.1, 0.15) is 23.0 Å². The quantitative estimate of drug-likeness (QED) is 0.191. The number of aromatic amines is 2. The zero-order valence-corrected chi connectivity index (χ0v) is 22.8. The summed E-state index contributed by atoms with van der Waals surface area (Å²) in [5, 5.41) is 9.52. The number of aromatic nitrogens is 4. The van der Waals surface area contributed by atoms with Crippen LogP contribution in [0.3, 0.4) is 0 Å². The van der Waals surface area contributed by atoms with Gasteiger partial charge in [0.15, 0.2) is 0 Å². The predicted molar refractivity (Wildman–Crippen MR) is 154 cm³/mol. The van der Waals surface area contributed by atoms with Crippen molar-refractivity contribution in [2.24, 2.45) is 0 Å². The average molecular weight is 514 g/mol. The van der Waals surface area contributed by atoms with E-state index >= 15 is 0 Å². The molecule has 1 saturated heterocycles. The maximum atomic E-state index is 12.5. The number of hydrogen-bond donors (Lipinski definition) is 5. The number of hydrogen-bond acceptors (Lipinski definition) is 5. The molecule has 1 amide bonds. The summed E-state index contributed by atoms with van der Waals surface area (Å²) in [5.74, 6) is 1.59. The van der Waals surface area contributed by atoms with Gasteiger partial charge in [-0.15, -0.1) is 0 Å². The number of imidazole rings is 2. The molecule has 38 heavy (non-hydrogen) atoms. The van der Waals surface area contributed by atoms with Crippen LogP contribution in [0.1, 0.15) is 68.2 Å². The van der Waals surface area contributed by atoms with E-state index in [1.165, 1.54) is 6.42 Å². The average Bonchev–Trinajstić information content (AvgIpc) is 3.75. The molecule has 8 heteroatoms. The first kappa shape index (κ1) is 27.3. The van der Waals surface area contributed by atoms with E-state index in [9.17, 15) is 4.79 Å². The molecule has 1 aliphatic heterocycles. The minimum absolute atomic E-state index is 0.176. The van der Waals surface area contributed by atoms with Crippen molar-refractivity contribution in [2.75, 3.05) is 20.1 Å². The van der Waals surface area contributed by atoms with Crippen molar-refractivity contribution in [3.8, 4) is 33.6 Å². The molecule has 1 aliphatic rings. The summed E-state index contributed by atoms with van der Waals surface area (Å²) in [6.07, 6.45) is 5.28. The Morgan fingerprint density at radius 3 is 2.24 bits per heavy atom. The number of H-pyrrole nitrogens is 2. The third-order valence-electron chi connectivity index (χ3n) is 6.60. The van der Waals surface area contributed by atoms with E-state index in [2.05, 4.69) is 74.2 Å². The molecule has 200 valence electrons. The summed E-state index contributed by atoms with van der Waals surface area (Å²) in [5.41, 5.74) is 6.42. The molecule has 8 nitrogen and oxygen atoms in total. The number of carbonyl (C=O) groups is 1. The lowest BCUT2D eigenvalue weighted by atomic mass is 10.0. The van der Waals surface area contributed by atoms with Gasteiger partial charge in [-0.25, -0.2) is 9.97 Å². The van der Waals surface area contributed by atoms with Crippen molar-refractivity contribution in [3.63, 3.8) is 0 Å². The Bertz CT molecular complexity index is 1300. The smallest absolute Gasteiger partial charge is 0.269 e. The molecule has 0 aliphatic carbocycles. The first-order valence-electron chi connectivity index (χ1n) is 13.7. The van der Waals surface area contributed by atoms with E-state index in [-0.39, 0.29) is 5.91 Å². The van der Waals surface area contributed by atoms with Gasteiger partial charge in [0, 0.05) is 12.6 Å². The van der Waals surface area contributed by atoms with Crippen molar-refractivity contribution in [1.82, 2.24) is 35.9 Å². The van der Waals surface area contributed by atoms with Crippen LogP contribution in [0.15, 0.2) is 54.7 Å². The van der Waals surface area contributed by atoms with Crippen molar-refractivity contribution in [2.45, 2.75) is 52.6 Å². The SMILES string of the molecule is CC.CCCNCc1nc(-c2ccc(-c3ccc(-c4cnc([C@@H]5CCCN5)[nH]4)cc3)cc2)c(C(=O)NC)[nH]1. The highest BCUT2D eigenvalue weighted by Crippen LogP contribution is 2.29. The van der Waals surface area contributed by atoms with Crippen LogP contribution in [0.5, 0.6) is 0 Å². The number of carbonyl (C=O) groups excluding carboxylic acids is 1. The maximum absolute atomic E-state index is 12.5. The molecule has 3 heterocycles. The van der Waals surface area contributed by atoms with Crippen LogP contribution >= 0.6 is 0 Å². The highest BCUT2D eigenvalue weighted by molar-refractivity contribution is 5.98. The third-order valence-corrected chi connectivity index (χ3v) is 6.60. The van der Waals surface area contributed by atoms with Gasteiger partial charge in [0.2, 0.25) is 0 Å². The number of nitrogens with one attached hydrogen (secondary N) is 5. The Morgan fingerprint density at radius 2 is 1.63 bits per heavy atom. The van der Waals surface area contributed by atoms with Gasteiger partial charge in [0.25, 0.3) is 5.91 Å². The van der Waals surface area contributed by atoms with Crippen LogP contribution in [0.2, 0.25) is 0 Å². The second kappa shape index (κ2) is 13.2. The number of rotatable bonds is 9. The molecule has 5 N–H and O–H groups in total. The van der Waals surface area contributed by atoms with Gasteiger partial charge in [-0.05, 0) is 49.0 Å². The summed E-state index contributed by atoms with van der Waals surface area (Å²) < 4.78 is 0. The Morgan fingerprint density at radius 1 is 0.974 bits per heavy atom. The monoisotopic (exact) mass is 513 g/mol.